The highest BCUT2D eigenvalue weighted by Crippen LogP contribution is 2.43. The maximum Gasteiger partial charge on any atom is 0.341 e. The van der Waals surface area contributed by atoms with Crippen LogP contribution in [0.5, 0.6) is 0 Å². The first kappa shape index (κ1) is 21.2. The van der Waals surface area contributed by atoms with Gasteiger partial charge in [-0.25, -0.2) is 13.6 Å². The van der Waals surface area contributed by atoms with E-state index in [0.29, 0.717) is 22.9 Å². The van der Waals surface area contributed by atoms with Crippen LogP contribution in [0.3, 0.4) is 0 Å². The number of fused-ring (bicyclic) bond motifs is 1. The molecule has 0 fully saturated rings. The van der Waals surface area contributed by atoms with Crippen molar-refractivity contribution >= 4 is 28.2 Å². The van der Waals surface area contributed by atoms with Gasteiger partial charge < -0.3 is 10.1 Å². The number of rotatable bonds is 5. The molecule has 160 valence electrons. The van der Waals surface area contributed by atoms with Gasteiger partial charge in [-0.3, -0.25) is 4.79 Å². The number of benzene rings is 2. The first-order valence-corrected chi connectivity index (χ1v) is 10.9. The highest BCUT2D eigenvalue weighted by Gasteiger charge is 2.31. The summed E-state index contributed by atoms with van der Waals surface area (Å²) in [4.78, 5) is 26.3. The third-order valence-corrected chi connectivity index (χ3v) is 6.59. The summed E-state index contributed by atoms with van der Waals surface area (Å²) in [5, 5.41) is 2.93. The molecule has 7 heteroatoms. The minimum atomic E-state index is -0.831. The molecule has 1 N–H and O–H groups in total. The van der Waals surface area contributed by atoms with Crippen LogP contribution < -0.4 is 5.32 Å². The zero-order chi connectivity index (χ0) is 22.0. The zero-order valence-electron chi connectivity index (χ0n) is 16.9. The number of carbonyl (C=O) groups is 2. The van der Waals surface area contributed by atoms with Crippen LogP contribution >= 0.6 is 11.3 Å². The predicted octanol–water partition coefficient (Wildman–Crippen LogP) is 5.73. The van der Waals surface area contributed by atoms with E-state index in [9.17, 15) is 18.4 Å². The zero-order valence-corrected chi connectivity index (χ0v) is 17.7. The van der Waals surface area contributed by atoms with Crippen molar-refractivity contribution in [3.8, 4) is 0 Å². The van der Waals surface area contributed by atoms with Crippen LogP contribution in [0.15, 0.2) is 48.5 Å². The van der Waals surface area contributed by atoms with Crippen LogP contribution in [-0.2, 0) is 17.6 Å². The molecular weight excluding hydrogens is 420 g/mol. The Morgan fingerprint density at radius 2 is 1.94 bits per heavy atom. The number of nitrogens with one attached hydrogen (secondary N) is 1. The van der Waals surface area contributed by atoms with Crippen molar-refractivity contribution in [3.63, 3.8) is 0 Å². The minimum Gasteiger partial charge on any atom is -0.462 e. The van der Waals surface area contributed by atoms with E-state index >= 15 is 0 Å². The van der Waals surface area contributed by atoms with Gasteiger partial charge in [0.05, 0.1) is 17.7 Å². The van der Waals surface area contributed by atoms with Crippen molar-refractivity contribution in [1.82, 2.24) is 0 Å². The molecule has 0 aliphatic heterocycles. The van der Waals surface area contributed by atoms with E-state index in [1.807, 2.05) is 18.2 Å². The van der Waals surface area contributed by atoms with Gasteiger partial charge in [0.15, 0.2) is 0 Å². The van der Waals surface area contributed by atoms with E-state index < -0.39 is 29.1 Å². The summed E-state index contributed by atoms with van der Waals surface area (Å²) >= 11 is 1.30. The highest BCUT2D eigenvalue weighted by atomic mass is 32.1. The van der Waals surface area contributed by atoms with E-state index in [4.69, 9.17) is 4.74 Å². The van der Waals surface area contributed by atoms with Crippen molar-refractivity contribution in [1.29, 1.82) is 0 Å². The third-order valence-electron chi connectivity index (χ3n) is 5.42. The molecule has 3 aromatic rings. The Hall–Kier alpha value is -3.06. The van der Waals surface area contributed by atoms with E-state index in [2.05, 4.69) is 17.4 Å². The second-order valence-corrected chi connectivity index (χ2v) is 8.46. The van der Waals surface area contributed by atoms with E-state index in [-0.39, 0.29) is 6.61 Å². The molecule has 0 unspecified atom stereocenters. The number of thiophene rings is 1. The lowest BCUT2D eigenvalue weighted by molar-refractivity contribution is 0.0526. The van der Waals surface area contributed by atoms with Crippen LogP contribution in [0.1, 0.15) is 56.0 Å². The summed E-state index contributed by atoms with van der Waals surface area (Å²) < 4.78 is 32.8. The molecule has 0 spiro atoms. The van der Waals surface area contributed by atoms with Gasteiger partial charge in [0.25, 0.3) is 5.91 Å². The predicted molar refractivity (Wildman–Crippen MR) is 116 cm³/mol. The summed E-state index contributed by atoms with van der Waals surface area (Å²) in [6.45, 7) is 1.91. The first-order valence-electron chi connectivity index (χ1n) is 10.1. The Bertz CT molecular complexity index is 1130. The molecule has 1 aliphatic carbocycles. The molecule has 1 aliphatic rings. The van der Waals surface area contributed by atoms with Crippen molar-refractivity contribution in [3.05, 3.63) is 87.3 Å². The molecule has 1 heterocycles. The standard InChI is InChI=1S/C24H21F2NO3S/c1-2-30-24(29)21-17-10-8-15(14-6-4-3-5-7-14)12-20(17)31-23(21)27-22(28)18-13-16(25)9-11-19(18)26/h3-7,9,11,13,15H,2,8,10,12H2,1H3,(H,27,28)/t15-/m0/s1. The summed E-state index contributed by atoms with van der Waals surface area (Å²) in [7, 11) is 0. The number of hydrogen-bond acceptors (Lipinski definition) is 4. The number of ether oxygens (including phenoxy) is 1. The minimum absolute atomic E-state index is 0.196. The number of halogens is 2. The average Bonchev–Trinajstić information content (AvgIpc) is 3.13. The molecule has 1 amide bonds. The average molecular weight is 441 g/mol. The number of anilines is 1. The molecule has 0 saturated heterocycles. The van der Waals surface area contributed by atoms with Gasteiger partial charge >= 0.3 is 5.97 Å². The molecule has 0 bridgehead atoms. The second-order valence-electron chi connectivity index (χ2n) is 7.36. The van der Waals surface area contributed by atoms with Crippen LogP contribution in [0.25, 0.3) is 0 Å². The molecule has 4 nitrogen and oxygen atoms in total. The van der Waals surface area contributed by atoms with Gasteiger partial charge in [-0.1, -0.05) is 30.3 Å². The number of esters is 1. The maximum absolute atomic E-state index is 14.1. The van der Waals surface area contributed by atoms with Crippen molar-refractivity contribution in [2.75, 3.05) is 11.9 Å². The van der Waals surface area contributed by atoms with Gasteiger partial charge in [-0.05, 0) is 61.4 Å². The molecular formula is C24H21F2NO3S. The van der Waals surface area contributed by atoms with Crippen LogP contribution in [0.4, 0.5) is 13.8 Å². The second kappa shape index (κ2) is 8.98. The topological polar surface area (TPSA) is 55.4 Å². The van der Waals surface area contributed by atoms with Crippen molar-refractivity contribution in [2.24, 2.45) is 0 Å². The fraction of sp³-hybridized carbons (Fsp3) is 0.250. The number of amides is 1. The lowest BCUT2D eigenvalue weighted by atomic mass is 9.83. The van der Waals surface area contributed by atoms with Gasteiger partial charge in [0, 0.05) is 4.88 Å². The summed E-state index contributed by atoms with van der Waals surface area (Å²) in [6, 6.07) is 12.8. The van der Waals surface area contributed by atoms with E-state index in [1.54, 1.807) is 6.92 Å². The fourth-order valence-corrected chi connectivity index (χ4v) is 5.26. The molecule has 0 saturated carbocycles. The third kappa shape index (κ3) is 4.37. The van der Waals surface area contributed by atoms with Gasteiger partial charge in [0.2, 0.25) is 0 Å². The van der Waals surface area contributed by atoms with Crippen LogP contribution in [-0.4, -0.2) is 18.5 Å². The van der Waals surface area contributed by atoms with Crippen LogP contribution in [0, 0.1) is 11.6 Å². The van der Waals surface area contributed by atoms with E-state index in [1.165, 1.54) is 16.9 Å². The monoisotopic (exact) mass is 441 g/mol. The Morgan fingerprint density at radius 3 is 2.68 bits per heavy atom. The fourth-order valence-electron chi connectivity index (χ4n) is 3.94. The lowest BCUT2D eigenvalue weighted by Crippen LogP contribution is -2.17. The number of carbonyl (C=O) groups excluding carboxylic acids is 2. The lowest BCUT2D eigenvalue weighted by Gasteiger charge is -2.23. The normalized spacial score (nSPS) is 15.3. The first-order chi connectivity index (χ1) is 15.0. The summed E-state index contributed by atoms with van der Waals surface area (Å²) in [6.07, 6.45) is 2.27. The van der Waals surface area contributed by atoms with E-state index in [0.717, 1.165) is 41.5 Å². The molecule has 2 aromatic carbocycles. The molecule has 1 aromatic heterocycles. The number of hydrogen-bond donors (Lipinski definition) is 1. The van der Waals surface area contributed by atoms with Crippen LogP contribution in [0.2, 0.25) is 0 Å². The summed E-state index contributed by atoms with van der Waals surface area (Å²) in [5.74, 6) is -2.56. The molecule has 31 heavy (non-hydrogen) atoms. The Balaban J connectivity index is 1.68. The van der Waals surface area contributed by atoms with Gasteiger partial charge in [0.1, 0.15) is 16.6 Å². The Labute approximate surface area is 182 Å². The largest absolute Gasteiger partial charge is 0.462 e. The Kier molecular flexibility index (Phi) is 6.13. The quantitative estimate of drug-likeness (QED) is 0.515. The smallest absolute Gasteiger partial charge is 0.341 e. The molecule has 0 radical (unpaired) electrons. The Morgan fingerprint density at radius 1 is 1.16 bits per heavy atom. The SMILES string of the molecule is CCOC(=O)c1c(NC(=O)c2cc(F)ccc2F)sc2c1CC[C@H](c1ccccc1)C2. The highest BCUT2D eigenvalue weighted by molar-refractivity contribution is 7.17. The maximum atomic E-state index is 14.1. The van der Waals surface area contributed by atoms with Crippen molar-refractivity contribution < 1.29 is 23.1 Å². The van der Waals surface area contributed by atoms with Gasteiger partial charge in [-0.2, -0.15) is 0 Å². The van der Waals surface area contributed by atoms with Crippen molar-refractivity contribution in [2.45, 2.75) is 32.1 Å². The molecule has 1 atom stereocenters. The van der Waals surface area contributed by atoms with Gasteiger partial charge in [-0.15, -0.1) is 11.3 Å². The molecule has 4 rings (SSSR count). The summed E-state index contributed by atoms with van der Waals surface area (Å²) in [5.41, 5.74) is 2.00.